The van der Waals surface area contributed by atoms with Crippen LogP contribution < -0.4 is 5.73 Å². The molecule has 2 rings (SSSR count). The van der Waals surface area contributed by atoms with Gasteiger partial charge >= 0.3 is 0 Å². The van der Waals surface area contributed by atoms with Gasteiger partial charge in [0.25, 0.3) is 0 Å². The predicted octanol–water partition coefficient (Wildman–Crippen LogP) is 3.08. The fourth-order valence-corrected chi connectivity index (χ4v) is 2.96. The monoisotopic (exact) mass is 203 g/mol. The quantitative estimate of drug-likeness (QED) is 0.733. The maximum absolute atomic E-state index is 12.6. The molecule has 2 aliphatic rings. The highest BCUT2D eigenvalue weighted by Gasteiger charge is 2.47. The average Bonchev–Trinajstić information content (AvgIpc) is 2.01. The molecule has 0 aromatic heterocycles. The second-order valence-corrected chi connectivity index (χ2v) is 5.26. The van der Waals surface area contributed by atoms with Crippen LogP contribution in [0.25, 0.3) is 0 Å². The van der Waals surface area contributed by atoms with Crippen molar-refractivity contribution >= 4 is 0 Å². The first-order valence-corrected chi connectivity index (χ1v) is 5.66. The van der Waals surface area contributed by atoms with Gasteiger partial charge in [0, 0.05) is 18.4 Å². The number of hydrogen-bond donors (Lipinski definition) is 1. The highest BCUT2D eigenvalue weighted by atomic mass is 19.3. The fourth-order valence-electron chi connectivity index (χ4n) is 2.96. The molecule has 0 amide bonds. The van der Waals surface area contributed by atoms with Gasteiger partial charge in [-0.05, 0) is 25.2 Å². The Morgan fingerprint density at radius 1 is 1.07 bits per heavy atom. The normalized spacial score (nSPS) is 31.1. The lowest BCUT2D eigenvalue weighted by atomic mass is 9.69. The molecule has 0 unspecified atom stereocenters. The summed E-state index contributed by atoms with van der Waals surface area (Å²) in [4.78, 5) is 0. The molecule has 2 saturated carbocycles. The standard InChI is InChI=1S/C11H19F2N/c12-11(13)7-9(8-11)6-10(14)4-2-1-3-5-10/h9H,1-8,14H2. The van der Waals surface area contributed by atoms with Crippen molar-refractivity contribution in [1.82, 2.24) is 0 Å². The highest BCUT2D eigenvalue weighted by Crippen LogP contribution is 2.47. The Balaban J connectivity index is 1.79. The SMILES string of the molecule is NC1(CC2CC(F)(F)C2)CCCCC1. The van der Waals surface area contributed by atoms with Crippen LogP contribution in [0.1, 0.15) is 51.4 Å². The van der Waals surface area contributed by atoms with Crippen LogP contribution in [0.15, 0.2) is 0 Å². The Morgan fingerprint density at radius 2 is 1.64 bits per heavy atom. The van der Waals surface area contributed by atoms with Gasteiger partial charge in [0.05, 0.1) is 0 Å². The van der Waals surface area contributed by atoms with Crippen LogP contribution in [0.3, 0.4) is 0 Å². The van der Waals surface area contributed by atoms with Crippen molar-refractivity contribution in [2.24, 2.45) is 11.7 Å². The van der Waals surface area contributed by atoms with E-state index in [4.69, 9.17) is 5.73 Å². The van der Waals surface area contributed by atoms with Crippen molar-refractivity contribution in [3.8, 4) is 0 Å². The molecule has 0 aromatic carbocycles. The van der Waals surface area contributed by atoms with E-state index in [2.05, 4.69) is 0 Å². The lowest BCUT2D eigenvalue weighted by molar-refractivity contribution is -0.117. The van der Waals surface area contributed by atoms with Crippen LogP contribution >= 0.6 is 0 Å². The van der Waals surface area contributed by atoms with Crippen molar-refractivity contribution < 1.29 is 8.78 Å². The molecule has 3 heteroatoms. The van der Waals surface area contributed by atoms with E-state index in [-0.39, 0.29) is 24.3 Å². The first kappa shape index (κ1) is 10.3. The molecule has 0 saturated heterocycles. The molecule has 0 aromatic rings. The first-order chi connectivity index (χ1) is 6.49. The zero-order chi connectivity index (χ0) is 10.2. The number of alkyl halides is 2. The summed E-state index contributed by atoms with van der Waals surface area (Å²) in [5.41, 5.74) is 6.10. The van der Waals surface area contributed by atoms with Crippen LogP contribution in [0.2, 0.25) is 0 Å². The van der Waals surface area contributed by atoms with E-state index in [1.165, 1.54) is 19.3 Å². The second kappa shape index (κ2) is 3.44. The molecule has 0 heterocycles. The minimum atomic E-state index is -2.38. The van der Waals surface area contributed by atoms with Gasteiger partial charge in [-0.1, -0.05) is 19.3 Å². The first-order valence-electron chi connectivity index (χ1n) is 5.66. The lowest BCUT2D eigenvalue weighted by Crippen LogP contribution is -2.47. The number of rotatable bonds is 2. The summed E-state index contributed by atoms with van der Waals surface area (Å²) in [6.45, 7) is 0. The van der Waals surface area contributed by atoms with E-state index < -0.39 is 5.92 Å². The molecule has 0 bridgehead atoms. The van der Waals surface area contributed by atoms with Gasteiger partial charge in [-0.3, -0.25) is 0 Å². The van der Waals surface area contributed by atoms with E-state index in [0.29, 0.717) is 0 Å². The molecule has 0 atom stereocenters. The Morgan fingerprint density at radius 3 is 2.14 bits per heavy atom. The van der Waals surface area contributed by atoms with E-state index >= 15 is 0 Å². The van der Waals surface area contributed by atoms with Crippen LogP contribution in [-0.4, -0.2) is 11.5 Å². The van der Waals surface area contributed by atoms with Crippen LogP contribution in [0, 0.1) is 5.92 Å². The number of halogens is 2. The number of nitrogens with two attached hydrogens (primary N) is 1. The van der Waals surface area contributed by atoms with Gasteiger partial charge in [0.15, 0.2) is 0 Å². The minimum Gasteiger partial charge on any atom is -0.325 e. The molecule has 82 valence electrons. The van der Waals surface area contributed by atoms with E-state index in [0.717, 1.165) is 19.3 Å². The molecule has 0 radical (unpaired) electrons. The summed E-state index contributed by atoms with van der Waals surface area (Å²) in [5.74, 6) is -2.19. The predicted molar refractivity (Wildman–Crippen MR) is 52.3 cm³/mol. The van der Waals surface area contributed by atoms with Crippen molar-refractivity contribution in [3.63, 3.8) is 0 Å². The Labute approximate surface area is 84.0 Å². The molecule has 0 spiro atoms. The van der Waals surface area contributed by atoms with Crippen LogP contribution in [0.4, 0.5) is 8.78 Å². The number of hydrogen-bond acceptors (Lipinski definition) is 1. The maximum atomic E-state index is 12.6. The summed E-state index contributed by atoms with van der Waals surface area (Å²) >= 11 is 0. The van der Waals surface area contributed by atoms with Crippen molar-refractivity contribution in [2.45, 2.75) is 62.8 Å². The van der Waals surface area contributed by atoms with E-state index in [9.17, 15) is 8.78 Å². The lowest BCUT2D eigenvalue weighted by Gasteiger charge is -2.42. The zero-order valence-corrected chi connectivity index (χ0v) is 8.57. The van der Waals surface area contributed by atoms with Crippen LogP contribution in [-0.2, 0) is 0 Å². The van der Waals surface area contributed by atoms with E-state index in [1.54, 1.807) is 0 Å². The Bertz CT molecular complexity index is 201. The molecule has 2 fully saturated rings. The Hall–Kier alpha value is -0.180. The zero-order valence-electron chi connectivity index (χ0n) is 8.57. The highest BCUT2D eigenvalue weighted by molar-refractivity contribution is 4.95. The second-order valence-electron chi connectivity index (χ2n) is 5.26. The summed E-state index contributed by atoms with van der Waals surface area (Å²) in [5, 5.41) is 0. The van der Waals surface area contributed by atoms with Crippen molar-refractivity contribution in [2.75, 3.05) is 0 Å². The minimum absolute atomic E-state index is 0.0753. The topological polar surface area (TPSA) is 26.0 Å². The van der Waals surface area contributed by atoms with Gasteiger partial charge in [-0.25, -0.2) is 8.78 Å². The molecule has 2 aliphatic carbocycles. The van der Waals surface area contributed by atoms with Gasteiger partial charge < -0.3 is 5.73 Å². The average molecular weight is 203 g/mol. The van der Waals surface area contributed by atoms with Crippen molar-refractivity contribution in [3.05, 3.63) is 0 Å². The molecular formula is C11H19F2N. The van der Waals surface area contributed by atoms with Gasteiger partial charge in [0.2, 0.25) is 5.92 Å². The smallest absolute Gasteiger partial charge is 0.248 e. The third kappa shape index (κ3) is 2.25. The van der Waals surface area contributed by atoms with Gasteiger partial charge in [-0.15, -0.1) is 0 Å². The molecule has 14 heavy (non-hydrogen) atoms. The van der Waals surface area contributed by atoms with E-state index in [1.807, 2.05) is 0 Å². The third-order valence-electron chi connectivity index (χ3n) is 3.72. The molecule has 0 aliphatic heterocycles. The van der Waals surface area contributed by atoms with Crippen LogP contribution in [0.5, 0.6) is 0 Å². The van der Waals surface area contributed by atoms with Gasteiger partial charge in [0.1, 0.15) is 0 Å². The third-order valence-corrected chi connectivity index (χ3v) is 3.72. The summed E-state index contributed by atoms with van der Waals surface area (Å²) in [7, 11) is 0. The maximum Gasteiger partial charge on any atom is 0.248 e. The summed E-state index contributed by atoms with van der Waals surface area (Å²) in [6, 6.07) is 0. The molecule has 1 nitrogen and oxygen atoms in total. The summed E-state index contributed by atoms with van der Waals surface area (Å²) < 4.78 is 25.3. The largest absolute Gasteiger partial charge is 0.325 e. The Kier molecular flexibility index (Phi) is 2.54. The molecule has 2 N–H and O–H groups in total. The fraction of sp³-hybridized carbons (Fsp3) is 1.00. The van der Waals surface area contributed by atoms with Gasteiger partial charge in [-0.2, -0.15) is 0 Å². The van der Waals surface area contributed by atoms with Crippen molar-refractivity contribution in [1.29, 1.82) is 0 Å². The molecular weight excluding hydrogens is 184 g/mol. The summed E-state index contributed by atoms with van der Waals surface area (Å²) in [6.07, 6.45) is 6.67.